The largest absolute Gasteiger partial charge is 0.385 e. The zero-order valence-electron chi connectivity index (χ0n) is 6.74. The van der Waals surface area contributed by atoms with Gasteiger partial charge in [0, 0.05) is 19.4 Å². The van der Waals surface area contributed by atoms with E-state index < -0.39 is 5.60 Å². The van der Waals surface area contributed by atoms with Gasteiger partial charge in [-0.2, -0.15) is 0 Å². The number of hydrogen-bond donors (Lipinski definition) is 1. The van der Waals surface area contributed by atoms with Crippen molar-refractivity contribution in [3.8, 4) is 0 Å². The van der Waals surface area contributed by atoms with Gasteiger partial charge in [0.2, 0.25) is 0 Å². The predicted octanol–water partition coefficient (Wildman–Crippen LogP) is 3.67. The maximum Gasteiger partial charge on any atom is 0.0884 e. The molecular formula is C8H9Br3O. The van der Waals surface area contributed by atoms with Crippen LogP contribution in [0.1, 0.15) is 13.8 Å². The summed E-state index contributed by atoms with van der Waals surface area (Å²) in [5.74, 6) is 0.0770. The molecule has 4 heteroatoms. The quantitative estimate of drug-likeness (QED) is 0.699. The molecule has 68 valence electrons. The van der Waals surface area contributed by atoms with Crippen LogP contribution in [-0.2, 0) is 0 Å². The molecule has 1 rings (SSSR count). The highest BCUT2D eigenvalue weighted by atomic mass is 79.9. The van der Waals surface area contributed by atoms with Gasteiger partial charge in [0.1, 0.15) is 0 Å². The standard InChI is InChI=1S/C8H9Br3O/c1-4-6(10)7(11)5(9)3-8(4,2)12/h3-4,12H,1-2H3. The first kappa shape index (κ1) is 11.0. The van der Waals surface area contributed by atoms with E-state index in [1.54, 1.807) is 13.0 Å². The Morgan fingerprint density at radius 1 is 1.42 bits per heavy atom. The molecule has 2 unspecified atom stereocenters. The third-order valence-electron chi connectivity index (χ3n) is 2.10. The molecule has 0 fully saturated rings. The highest BCUT2D eigenvalue weighted by molar-refractivity contribution is 9.16. The van der Waals surface area contributed by atoms with Crippen LogP contribution in [0.4, 0.5) is 0 Å². The first-order valence-electron chi connectivity index (χ1n) is 3.52. The van der Waals surface area contributed by atoms with Crippen LogP contribution in [0.2, 0.25) is 0 Å². The van der Waals surface area contributed by atoms with Crippen LogP contribution < -0.4 is 0 Å². The Bertz CT molecular complexity index is 265. The van der Waals surface area contributed by atoms with Crippen molar-refractivity contribution in [2.45, 2.75) is 19.4 Å². The molecular weight excluding hydrogens is 352 g/mol. The Balaban J connectivity index is 3.15. The number of halogens is 3. The third kappa shape index (κ3) is 1.86. The molecule has 12 heavy (non-hydrogen) atoms. The van der Waals surface area contributed by atoms with E-state index in [4.69, 9.17) is 0 Å². The van der Waals surface area contributed by atoms with E-state index in [1.165, 1.54) is 0 Å². The Kier molecular flexibility index (Phi) is 3.25. The number of allylic oxidation sites excluding steroid dienone is 2. The van der Waals surface area contributed by atoms with Gasteiger partial charge in [-0.3, -0.25) is 0 Å². The van der Waals surface area contributed by atoms with Crippen molar-refractivity contribution in [1.29, 1.82) is 0 Å². The van der Waals surface area contributed by atoms with Gasteiger partial charge in [-0.05, 0) is 44.9 Å². The normalized spacial score (nSPS) is 36.8. The van der Waals surface area contributed by atoms with Crippen LogP contribution in [0, 0.1) is 5.92 Å². The van der Waals surface area contributed by atoms with E-state index >= 15 is 0 Å². The van der Waals surface area contributed by atoms with E-state index in [0.29, 0.717) is 0 Å². The lowest BCUT2D eigenvalue weighted by atomic mass is 9.87. The molecule has 0 aromatic heterocycles. The zero-order valence-corrected chi connectivity index (χ0v) is 11.5. The molecule has 1 aliphatic carbocycles. The number of hydrogen-bond acceptors (Lipinski definition) is 1. The average molecular weight is 361 g/mol. The molecule has 0 bridgehead atoms. The fraction of sp³-hybridized carbons (Fsp3) is 0.500. The summed E-state index contributed by atoms with van der Waals surface area (Å²) in [6.07, 6.45) is 1.80. The lowest BCUT2D eigenvalue weighted by Crippen LogP contribution is -2.33. The summed E-state index contributed by atoms with van der Waals surface area (Å²) in [5.41, 5.74) is -0.783. The molecule has 1 N–H and O–H groups in total. The van der Waals surface area contributed by atoms with Crippen molar-refractivity contribution in [1.82, 2.24) is 0 Å². The second kappa shape index (κ2) is 3.56. The number of rotatable bonds is 0. The van der Waals surface area contributed by atoms with Crippen LogP contribution in [0.5, 0.6) is 0 Å². The van der Waals surface area contributed by atoms with Crippen molar-refractivity contribution >= 4 is 47.8 Å². The summed E-state index contributed by atoms with van der Waals surface area (Å²) in [7, 11) is 0. The summed E-state index contributed by atoms with van der Waals surface area (Å²) in [4.78, 5) is 0. The molecule has 0 aromatic rings. The van der Waals surface area contributed by atoms with Crippen molar-refractivity contribution < 1.29 is 5.11 Å². The molecule has 2 atom stereocenters. The highest BCUT2D eigenvalue weighted by Gasteiger charge is 2.33. The van der Waals surface area contributed by atoms with Crippen molar-refractivity contribution in [3.05, 3.63) is 19.5 Å². The van der Waals surface area contributed by atoms with Crippen molar-refractivity contribution in [2.24, 2.45) is 5.92 Å². The van der Waals surface area contributed by atoms with Crippen molar-refractivity contribution in [2.75, 3.05) is 0 Å². The average Bonchev–Trinajstić information content (AvgIpc) is 1.97. The van der Waals surface area contributed by atoms with Gasteiger partial charge in [-0.25, -0.2) is 0 Å². The van der Waals surface area contributed by atoms with Gasteiger partial charge in [0.15, 0.2) is 0 Å². The van der Waals surface area contributed by atoms with E-state index in [2.05, 4.69) is 47.8 Å². The van der Waals surface area contributed by atoms with Gasteiger partial charge in [-0.15, -0.1) is 0 Å². The summed E-state index contributed by atoms with van der Waals surface area (Å²) in [6.45, 7) is 3.76. The van der Waals surface area contributed by atoms with Crippen LogP contribution in [0.25, 0.3) is 0 Å². The lowest BCUT2D eigenvalue weighted by Gasteiger charge is -2.31. The molecule has 0 heterocycles. The maximum absolute atomic E-state index is 9.91. The zero-order chi connectivity index (χ0) is 9.52. The fourth-order valence-corrected chi connectivity index (χ4v) is 3.08. The summed E-state index contributed by atoms with van der Waals surface area (Å²) in [6, 6.07) is 0. The molecule has 0 spiro atoms. The first-order valence-corrected chi connectivity index (χ1v) is 5.90. The van der Waals surface area contributed by atoms with Gasteiger partial charge in [0.05, 0.1) is 5.60 Å². The topological polar surface area (TPSA) is 20.2 Å². The van der Waals surface area contributed by atoms with E-state index in [0.717, 1.165) is 13.4 Å². The van der Waals surface area contributed by atoms with E-state index in [9.17, 15) is 5.11 Å². The van der Waals surface area contributed by atoms with Gasteiger partial charge in [-0.1, -0.05) is 22.9 Å². The smallest absolute Gasteiger partial charge is 0.0884 e. The predicted molar refractivity (Wildman–Crippen MR) is 61.7 cm³/mol. The van der Waals surface area contributed by atoms with Gasteiger partial charge in [0.25, 0.3) is 0 Å². The van der Waals surface area contributed by atoms with Crippen LogP contribution >= 0.6 is 47.8 Å². The second-order valence-corrected chi connectivity index (χ2v) is 5.60. The third-order valence-corrected chi connectivity index (χ3v) is 5.72. The summed E-state index contributed by atoms with van der Waals surface area (Å²) < 4.78 is 2.85. The Hall–Kier alpha value is 0.880. The molecule has 0 aliphatic heterocycles. The first-order chi connectivity index (χ1) is 5.36. The number of aliphatic hydroxyl groups is 1. The monoisotopic (exact) mass is 358 g/mol. The fourth-order valence-electron chi connectivity index (χ4n) is 1.01. The minimum absolute atomic E-state index is 0.0770. The lowest BCUT2D eigenvalue weighted by molar-refractivity contribution is 0.0714. The molecule has 0 saturated heterocycles. The summed E-state index contributed by atoms with van der Waals surface area (Å²) in [5, 5.41) is 9.91. The van der Waals surface area contributed by atoms with Crippen LogP contribution in [0.3, 0.4) is 0 Å². The van der Waals surface area contributed by atoms with Crippen molar-refractivity contribution in [3.63, 3.8) is 0 Å². The van der Waals surface area contributed by atoms with Gasteiger partial charge >= 0.3 is 0 Å². The van der Waals surface area contributed by atoms with E-state index in [-0.39, 0.29) is 5.92 Å². The minimum Gasteiger partial charge on any atom is -0.385 e. The molecule has 0 radical (unpaired) electrons. The Morgan fingerprint density at radius 2 is 1.92 bits per heavy atom. The minimum atomic E-state index is -0.783. The second-order valence-electron chi connectivity index (χ2n) is 3.10. The van der Waals surface area contributed by atoms with Gasteiger partial charge < -0.3 is 5.11 Å². The summed E-state index contributed by atoms with van der Waals surface area (Å²) >= 11 is 10.2. The van der Waals surface area contributed by atoms with E-state index in [1.807, 2.05) is 6.92 Å². The van der Waals surface area contributed by atoms with Crippen LogP contribution in [0.15, 0.2) is 19.5 Å². The van der Waals surface area contributed by atoms with Crippen LogP contribution in [-0.4, -0.2) is 10.7 Å². The molecule has 1 nitrogen and oxygen atoms in total. The highest BCUT2D eigenvalue weighted by Crippen LogP contribution is 2.43. The Morgan fingerprint density at radius 3 is 2.42 bits per heavy atom. The maximum atomic E-state index is 9.91. The molecule has 1 aliphatic rings. The molecule has 0 aromatic carbocycles. The Labute approximate surface area is 97.3 Å². The SMILES string of the molecule is CC1C(Br)=C(Br)C(Br)=CC1(C)O. The molecule has 0 amide bonds. The molecule has 0 saturated carbocycles.